The van der Waals surface area contributed by atoms with Crippen molar-refractivity contribution >= 4 is 7.85 Å². The minimum atomic E-state index is 0.837. The first-order valence-electron chi connectivity index (χ1n) is 5.76. The highest BCUT2D eigenvalue weighted by atomic mass is 15.4. The molecule has 1 nitrogen and oxygen atoms in total. The van der Waals surface area contributed by atoms with Crippen molar-refractivity contribution in [3.63, 3.8) is 0 Å². The van der Waals surface area contributed by atoms with Crippen molar-refractivity contribution in [2.45, 2.75) is 33.6 Å². The van der Waals surface area contributed by atoms with Gasteiger partial charge in [-0.05, 0) is 19.8 Å². The lowest BCUT2D eigenvalue weighted by molar-refractivity contribution is -0.907. The van der Waals surface area contributed by atoms with Gasteiger partial charge in [0, 0.05) is 18.3 Å². The van der Waals surface area contributed by atoms with E-state index in [9.17, 15) is 0 Å². The topological polar surface area (TPSA) is 0 Å². The summed E-state index contributed by atoms with van der Waals surface area (Å²) in [6.07, 6.45) is 3.50. The molecule has 0 amide bonds. The number of hydrogen-bond donors (Lipinski definition) is 0. The summed E-state index contributed by atoms with van der Waals surface area (Å²) in [4.78, 5) is 0. The Morgan fingerprint density at radius 2 is 1.54 bits per heavy atom. The van der Waals surface area contributed by atoms with Crippen LogP contribution in [0, 0.1) is 11.8 Å². The van der Waals surface area contributed by atoms with E-state index in [1.165, 1.54) is 32.5 Å². The maximum absolute atomic E-state index is 5.89. The van der Waals surface area contributed by atoms with Crippen LogP contribution in [-0.2, 0) is 0 Å². The van der Waals surface area contributed by atoms with Crippen LogP contribution in [0.1, 0.15) is 33.6 Å². The fourth-order valence-corrected chi connectivity index (χ4v) is 2.83. The van der Waals surface area contributed by atoms with E-state index in [1.54, 1.807) is 0 Å². The Morgan fingerprint density at radius 3 is 1.77 bits per heavy atom. The summed E-state index contributed by atoms with van der Waals surface area (Å²) in [7, 11) is 5.89. The molecule has 2 atom stereocenters. The van der Waals surface area contributed by atoms with Crippen molar-refractivity contribution in [1.82, 2.24) is 0 Å². The van der Waals surface area contributed by atoms with Crippen molar-refractivity contribution in [2.75, 3.05) is 26.1 Å². The van der Waals surface area contributed by atoms with Crippen LogP contribution in [0.5, 0.6) is 0 Å². The lowest BCUT2D eigenvalue weighted by atomic mass is 9.92. The summed E-state index contributed by atoms with van der Waals surface area (Å²) in [6, 6.07) is 0. The van der Waals surface area contributed by atoms with E-state index in [4.69, 9.17) is 7.85 Å². The van der Waals surface area contributed by atoms with E-state index in [0.717, 1.165) is 22.8 Å². The van der Waals surface area contributed by atoms with E-state index in [-0.39, 0.29) is 0 Å². The van der Waals surface area contributed by atoms with E-state index in [2.05, 4.69) is 20.8 Å². The summed E-state index contributed by atoms with van der Waals surface area (Å²) in [5.41, 5.74) is 0. The second kappa shape index (κ2) is 4.50. The van der Waals surface area contributed by atoms with Crippen LogP contribution in [0.3, 0.4) is 0 Å². The second-order valence-electron chi connectivity index (χ2n) is 4.54. The smallest absolute Gasteiger partial charge is 0.149 e. The number of rotatable bonds is 4. The molecular weight excluding hydrogens is 157 g/mol. The zero-order chi connectivity index (χ0) is 9.90. The third-order valence-electron chi connectivity index (χ3n) is 4.02. The van der Waals surface area contributed by atoms with Crippen molar-refractivity contribution in [2.24, 2.45) is 11.8 Å². The number of likely N-dealkylation sites (tertiary alicyclic amines) is 1. The van der Waals surface area contributed by atoms with Crippen molar-refractivity contribution < 1.29 is 4.48 Å². The average Bonchev–Trinajstić information content (AvgIpc) is 2.57. The van der Waals surface area contributed by atoms with Gasteiger partial charge >= 0.3 is 0 Å². The first-order valence-corrected chi connectivity index (χ1v) is 5.76. The van der Waals surface area contributed by atoms with Gasteiger partial charge < -0.3 is 4.48 Å². The molecule has 0 aromatic heterocycles. The predicted molar refractivity (Wildman–Crippen MR) is 58.7 cm³/mol. The first kappa shape index (κ1) is 11.1. The monoisotopic (exact) mass is 180 g/mol. The summed E-state index contributed by atoms with van der Waals surface area (Å²) in [5, 5.41) is 0. The average molecular weight is 180 g/mol. The van der Waals surface area contributed by atoms with Gasteiger partial charge in [0.1, 0.15) is 7.85 Å². The van der Waals surface area contributed by atoms with E-state index < -0.39 is 0 Å². The highest BCUT2D eigenvalue weighted by Crippen LogP contribution is 2.33. The van der Waals surface area contributed by atoms with Crippen LogP contribution in [0.15, 0.2) is 0 Å². The van der Waals surface area contributed by atoms with Crippen LogP contribution in [0.4, 0.5) is 0 Å². The molecule has 1 fully saturated rings. The first-order chi connectivity index (χ1) is 6.21. The summed E-state index contributed by atoms with van der Waals surface area (Å²) >= 11 is 0. The third-order valence-corrected chi connectivity index (χ3v) is 4.02. The highest BCUT2D eigenvalue weighted by Gasteiger charge is 2.40. The molecule has 0 saturated carbocycles. The zero-order valence-corrected chi connectivity index (χ0v) is 9.42. The van der Waals surface area contributed by atoms with Crippen LogP contribution >= 0.6 is 0 Å². The molecule has 0 aromatic carbocycles. The molecule has 1 aliphatic rings. The van der Waals surface area contributed by atoms with E-state index >= 15 is 0 Å². The Morgan fingerprint density at radius 1 is 1.08 bits per heavy atom. The molecule has 0 bridgehead atoms. The van der Waals surface area contributed by atoms with Gasteiger partial charge in [-0.15, -0.1) is 0 Å². The minimum Gasteiger partial charge on any atom is -0.332 e. The van der Waals surface area contributed by atoms with Crippen molar-refractivity contribution in [3.05, 3.63) is 0 Å². The van der Waals surface area contributed by atoms with Gasteiger partial charge in [-0.2, -0.15) is 0 Å². The molecule has 2 radical (unpaired) electrons. The maximum atomic E-state index is 5.89. The zero-order valence-electron chi connectivity index (χ0n) is 9.42. The van der Waals surface area contributed by atoms with Gasteiger partial charge in [0.05, 0.1) is 19.6 Å². The molecule has 2 unspecified atom stereocenters. The van der Waals surface area contributed by atoms with Gasteiger partial charge in [0.15, 0.2) is 0 Å². The Kier molecular flexibility index (Phi) is 3.84. The van der Waals surface area contributed by atoms with Gasteiger partial charge in [-0.1, -0.05) is 13.8 Å². The van der Waals surface area contributed by atoms with Crippen LogP contribution in [0.25, 0.3) is 0 Å². The molecule has 0 aliphatic carbocycles. The molecule has 1 saturated heterocycles. The molecule has 1 rings (SSSR count). The van der Waals surface area contributed by atoms with Gasteiger partial charge in [0.2, 0.25) is 0 Å². The Labute approximate surface area is 84.5 Å². The van der Waals surface area contributed by atoms with E-state index in [1.807, 2.05) is 0 Å². The molecule has 2 heteroatoms. The SMILES string of the molecule is [B]C[N+]1(CC)CC(CC)C(CC)C1. The number of quaternary nitrogens is 1. The van der Waals surface area contributed by atoms with Crippen molar-refractivity contribution in [1.29, 1.82) is 0 Å². The third kappa shape index (κ3) is 2.09. The van der Waals surface area contributed by atoms with Gasteiger partial charge in [-0.25, -0.2) is 0 Å². The Hall–Kier alpha value is 0.0249. The fourth-order valence-electron chi connectivity index (χ4n) is 2.83. The lowest BCUT2D eigenvalue weighted by Crippen LogP contribution is -2.47. The Bertz CT molecular complexity index is 140. The normalized spacial score (nSPS) is 39.6. The molecule has 0 aromatic rings. The summed E-state index contributed by atoms with van der Waals surface area (Å²) in [5.74, 6) is 1.85. The summed E-state index contributed by atoms with van der Waals surface area (Å²) < 4.78 is 1.16. The van der Waals surface area contributed by atoms with Crippen LogP contribution < -0.4 is 0 Å². The van der Waals surface area contributed by atoms with Gasteiger partial charge in [0.25, 0.3) is 0 Å². The summed E-state index contributed by atoms with van der Waals surface area (Å²) in [6.45, 7) is 10.8. The quantitative estimate of drug-likeness (QED) is 0.458. The van der Waals surface area contributed by atoms with Gasteiger partial charge in [-0.3, -0.25) is 0 Å². The van der Waals surface area contributed by atoms with Crippen molar-refractivity contribution in [3.8, 4) is 0 Å². The molecule has 13 heavy (non-hydrogen) atoms. The highest BCUT2D eigenvalue weighted by molar-refractivity contribution is 6.08. The minimum absolute atomic E-state index is 0.837. The molecule has 1 aliphatic heterocycles. The molecule has 1 heterocycles. The van der Waals surface area contributed by atoms with E-state index in [0.29, 0.717) is 0 Å². The number of nitrogens with zero attached hydrogens (tertiary/aromatic N) is 1. The fraction of sp³-hybridized carbons (Fsp3) is 1.00. The number of hydrogen-bond acceptors (Lipinski definition) is 0. The molecule has 74 valence electrons. The molecular formula is C11H23BN+. The van der Waals surface area contributed by atoms with Crippen LogP contribution in [0.2, 0.25) is 0 Å². The lowest BCUT2D eigenvalue weighted by Gasteiger charge is -2.33. The molecule has 0 N–H and O–H groups in total. The standard InChI is InChI=1S/C11H23BN/c1-4-10-7-13(6-3,9-12)8-11(10)5-2/h10-11H,4-9H2,1-3H3/q+1. The largest absolute Gasteiger partial charge is 0.332 e. The second-order valence-corrected chi connectivity index (χ2v) is 4.54. The Balaban J connectivity index is 2.65. The maximum Gasteiger partial charge on any atom is 0.149 e. The predicted octanol–water partition coefficient (Wildman–Crippen LogP) is 2.02. The van der Waals surface area contributed by atoms with Crippen LogP contribution in [-0.4, -0.2) is 38.4 Å². The molecule has 0 spiro atoms.